The number of nitrogens with two attached hydrogens (primary N) is 3. The molecule has 6 nitrogen and oxygen atoms in total. The molecule has 1 aromatic rings. The van der Waals surface area contributed by atoms with E-state index in [9.17, 15) is 0 Å². The van der Waals surface area contributed by atoms with Gasteiger partial charge < -0.3 is 21.9 Å². The van der Waals surface area contributed by atoms with Crippen LogP contribution in [0.3, 0.4) is 0 Å². The van der Waals surface area contributed by atoms with Crippen LogP contribution in [0, 0.1) is 0 Å². The second-order valence-corrected chi connectivity index (χ2v) is 2.71. The molecule has 0 radical (unpaired) electrons. The second kappa shape index (κ2) is 6.52. The highest BCUT2D eigenvalue weighted by atomic mass is 35.5. The van der Waals surface area contributed by atoms with Crippen LogP contribution in [-0.2, 0) is 0 Å². The summed E-state index contributed by atoms with van der Waals surface area (Å²) in [6, 6.07) is 7.07. The lowest BCUT2D eigenvalue weighted by Crippen LogP contribution is -2.26. The quantitative estimate of drug-likeness (QED) is 0.513. The Labute approximate surface area is 99.6 Å². The Hall–Kier alpha value is -1.95. The minimum atomic E-state index is -0.126. The summed E-state index contributed by atoms with van der Waals surface area (Å²) >= 11 is 0. The number of rotatable bonds is 2. The third-order valence-electron chi connectivity index (χ3n) is 1.54. The van der Waals surface area contributed by atoms with Gasteiger partial charge in [-0.25, -0.2) is 4.99 Å². The van der Waals surface area contributed by atoms with Crippen molar-refractivity contribution in [3.8, 4) is 5.75 Å². The highest BCUT2D eigenvalue weighted by molar-refractivity contribution is 5.93. The average molecular weight is 244 g/mol. The van der Waals surface area contributed by atoms with Gasteiger partial charge in [-0.2, -0.15) is 4.99 Å². The molecule has 16 heavy (non-hydrogen) atoms. The van der Waals surface area contributed by atoms with Gasteiger partial charge >= 0.3 is 0 Å². The van der Waals surface area contributed by atoms with Crippen LogP contribution in [0.1, 0.15) is 0 Å². The zero-order valence-electron chi connectivity index (χ0n) is 8.75. The van der Waals surface area contributed by atoms with E-state index in [0.717, 1.165) is 0 Å². The monoisotopic (exact) mass is 243 g/mol. The number of nitrogens with zero attached hydrogens (tertiary/aromatic N) is 2. The highest BCUT2D eigenvalue weighted by Crippen LogP contribution is 2.19. The third-order valence-corrected chi connectivity index (χ3v) is 1.54. The first-order valence-electron chi connectivity index (χ1n) is 4.19. The van der Waals surface area contributed by atoms with Gasteiger partial charge in [-0.15, -0.1) is 12.4 Å². The molecule has 0 saturated carbocycles. The van der Waals surface area contributed by atoms with E-state index in [4.69, 9.17) is 21.9 Å². The molecule has 0 spiro atoms. The van der Waals surface area contributed by atoms with Crippen LogP contribution >= 0.6 is 12.4 Å². The topological polar surface area (TPSA) is 112 Å². The van der Waals surface area contributed by atoms with Crippen molar-refractivity contribution < 1.29 is 4.74 Å². The van der Waals surface area contributed by atoms with Crippen LogP contribution in [-0.4, -0.2) is 19.0 Å². The van der Waals surface area contributed by atoms with E-state index < -0.39 is 0 Å². The number of hydrogen-bond acceptors (Lipinski definition) is 2. The van der Waals surface area contributed by atoms with Gasteiger partial charge in [0.2, 0.25) is 5.96 Å². The van der Waals surface area contributed by atoms with Gasteiger partial charge in [-0.1, -0.05) is 6.07 Å². The van der Waals surface area contributed by atoms with Gasteiger partial charge in [0.05, 0.1) is 12.8 Å². The van der Waals surface area contributed by atoms with Crippen LogP contribution in [0.5, 0.6) is 5.75 Å². The molecule has 0 atom stereocenters. The average Bonchev–Trinajstić information content (AvgIpc) is 2.16. The fourth-order valence-corrected chi connectivity index (χ4v) is 0.970. The number of aliphatic imine (C=N–C) groups is 2. The molecule has 0 saturated heterocycles. The lowest BCUT2D eigenvalue weighted by molar-refractivity contribution is 0.415. The van der Waals surface area contributed by atoms with E-state index in [1.54, 1.807) is 31.4 Å². The van der Waals surface area contributed by atoms with Crippen LogP contribution in [0.15, 0.2) is 34.3 Å². The zero-order chi connectivity index (χ0) is 11.3. The van der Waals surface area contributed by atoms with Gasteiger partial charge in [0, 0.05) is 6.07 Å². The van der Waals surface area contributed by atoms with Crippen LogP contribution in [0.2, 0.25) is 0 Å². The predicted octanol–water partition coefficient (Wildman–Crippen LogP) is 0.337. The summed E-state index contributed by atoms with van der Waals surface area (Å²) in [7, 11) is 1.57. The molecule has 0 aliphatic rings. The number of benzene rings is 1. The summed E-state index contributed by atoms with van der Waals surface area (Å²) in [4.78, 5) is 7.56. The Morgan fingerprint density at radius 2 is 1.94 bits per heavy atom. The molecule has 0 aliphatic carbocycles. The number of halogens is 1. The number of ether oxygens (including phenoxy) is 1. The molecule has 0 fully saturated rings. The Balaban J connectivity index is 0.00000225. The Morgan fingerprint density at radius 3 is 2.50 bits per heavy atom. The van der Waals surface area contributed by atoms with E-state index in [2.05, 4.69) is 9.98 Å². The molecule has 0 amide bonds. The fraction of sp³-hybridized carbons (Fsp3) is 0.111. The van der Waals surface area contributed by atoms with E-state index in [-0.39, 0.29) is 24.3 Å². The summed E-state index contributed by atoms with van der Waals surface area (Å²) in [6.45, 7) is 0. The fourth-order valence-electron chi connectivity index (χ4n) is 0.970. The molecule has 7 heteroatoms. The third kappa shape index (κ3) is 4.52. The lowest BCUT2D eigenvalue weighted by Gasteiger charge is -2.00. The van der Waals surface area contributed by atoms with Crippen LogP contribution < -0.4 is 21.9 Å². The smallest absolute Gasteiger partial charge is 0.223 e. The lowest BCUT2D eigenvalue weighted by atomic mass is 10.3. The maximum Gasteiger partial charge on any atom is 0.223 e. The van der Waals surface area contributed by atoms with Crippen molar-refractivity contribution in [2.24, 2.45) is 27.2 Å². The van der Waals surface area contributed by atoms with Crippen molar-refractivity contribution in [3.05, 3.63) is 24.3 Å². The minimum absolute atomic E-state index is 0. The molecular formula is C9H14ClN5O. The summed E-state index contributed by atoms with van der Waals surface area (Å²) in [6.07, 6.45) is 0. The number of hydrogen-bond donors (Lipinski definition) is 3. The molecule has 0 bridgehead atoms. The predicted molar refractivity (Wildman–Crippen MR) is 67.3 cm³/mol. The molecule has 0 heterocycles. The van der Waals surface area contributed by atoms with E-state index in [1.165, 1.54) is 0 Å². The van der Waals surface area contributed by atoms with Gasteiger partial charge in [0.15, 0.2) is 5.96 Å². The Morgan fingerprint density at radius 1 is 1.25 bits per heavy atom. The first-order chi connectivity index (χ1) is 7.11. The van der Waals surface area contributed by atoms with Crippen molar-refractivity contribution >= 4 is 30.0 Å². The minimum Gasteiger partial charge on any atom is -0.497 e. The first-order valence-corrected chi connectivity index (χ1v) is 4.19. The molecule has 0 aliphatic heterocycles. The Bertz CT molecular complexity index is 401. The molecule has 88 valence electrons. The van der Waals surface area contributed by atoms with E-state index in [1.807, 2.05) is 0 Å². The van der Waals surface area contributed by atoms with Crippen molar-refractivity contribution in [3.63, 3.8) is 0 Å². The maximum absolute atomic E-state index is 5.46. The largest absolute Gasteiger partial charge is 0.497 e. The molecule has 0 unspecified atom stereocenters. The summed E-state index contributed by atoms with van der Waals surface area (Å²) in [5, 5.41) is 0. The molecule has 1 rings (SSSR count). The van der Waals surface area contributed by atoms with Crippen molar-refractivity contribution in [1.29, 1.82) is 0 Å². The number of guanidine groups is 2. The van der Waals surface area contributed by atoms with Crippen molar-refractivity contribution in [2.45, 2.75) is 0 Å². The molecule has 1 aromatic carbocycles. The van der Waals surface area contributed by atoms with Crippen molar-refractivity contribution in [1.82, 2.24) is 0 Å². The van der Waals surface area contributed by atoms with Crippen LogP contribution in [0.25, 0.3) is 0 Å². The van der Waals surface area contributed by atoms with Crippen molar-refractivity contribution in [2.75, 3.05) is 7.11 Å². The summed E-state index contributed by atoms with van der Waals surface area (Å²) in [5.74, 6) is 0.566. The zero-order valence-corrected chi connectivity index (χ0v) is 9.57. The summed E-state index contributed by atoms with van der Waals surface area (Å²) < 4.78 is 5.02. The van der Waals surface area contributed by atoms with Gasteiger partial charge in [0.25, 0.3) is 0 Å². The standard InChI is InChI=1S/C9H13N5O.ClH/c1-15-7-4-2-3-6(5-7)13-9(12)14-8(10)11;/h2-5H,1H3,(H6,10,11,12,13,14);1H. The van der Waals surface area contributed by atoms with E-state index >= 15 is 0 Å². The van der Waals surface area contributed by atoms with Gasteiger partial charge in [0.1, 0.15) is 5.75 Å². The van der Waals surface area contributed by atoms with E-state index in [0.29, 0.717) is 11.4 Å². The SMILES string of the molecule is COc1cccc(N=C(N)N=C(N)N)c1.Cl. The van der Waals surface area contributed by atoms with Gasteiger partial charge in [-0.05, 0) is 12.1 Å². The molecule has 0 aromatic heterocycles. The number of methoxy groups -OCH3 is 1. The summed E-state index contributed by atoms with van der Waals surface area (Å²) in [5.41, 5.74) is 16.4. The first kappa shape index (κ1) is 14.1. The second-order valence-electron chi connectivity index (χ2n) is 2.71. The normalized spacial score (nSPS) is 10.2. The highest BCUT2D eigenvalue weighted by Gasteiger charge is 1.95. The maximum atomic E-state index is 5.46. The molecular weight excluding hydrogens is 230 g/mol. The van der Waals surface area contributed by atoms with Gasteiger partial charge in [-0.3, -0.25) is 0 Å². The van der Waals surface area contributed by atoms with Crippen LogP contribution in [0.4, 0.5) is 5.69 Å². The molecule has 6 N–H and O–H groups in total. The Kier molecular flexibility index (Phi) is 5.72.